The van der Waals surface area contributed by atoms with E-state index >= 15 is 28.8 Å². The van der Waals surface area contributed by atoms with Crippen LogP contribution in [0.5, 0.6) is 46.0 Å². The SMILES string of the molecule is CCNC(=O)N(CCCN(C)C)C(=O)C1NC(=O)C2NC(=O)C(NC(=O)C3NC(=O)C(CC(N)=O)NC(=O)C(NC(=O)C(CC(C)C)NC)C(O)c4ccc(c(Cl)c4)Oc4cc3cc(c4O[C@H]3O[C@@H](CO)[C@H](O)[C@@H](O)[C@@H]3O[C@@H]3C[C@@](C)(N)[C@H](O)[C@@H](C)O3)Oc3ccc(cc3)C2O[C@@H]2C[C@@](C)(N)[C@H](O)[C@@H](C)O2)c2ccc(O)c(c2)-c2c(O)cc(O)cc21. The third kappa shape index (κ3) is 20.6. The van der Waals surface area contributed by atoms with Gasteiger partial charge in [-0.3, -0.25) is 43.3 Å². The lowest BCUT2D eigenvalue weighted by atomic mass is 9.86. The number of benzene rings is 5. The number of phenolic OH excluding ortho intramolecular Hbond substituents is 3. The topological polar surface area (TPSA) is 590 Å². The number of fused-ring (bicyclic) bond motifs is 15. The Kier molecular flexibility index (Phi) is 28.8. The van der Waals surface area contributed by atoms with Crippen molar-refractivity contribution in [2.75, 3.05) is 47.4 Å². The Balaban J connectivity index is 1.19. The fourth-order valence-electron chi connectivity index (χ4n) is 15.5. The highest BCUT2D eigenvalue weighted by Crippen LogP contribution is 2.50. The van der Waals surface area contributed by atoms with E-state index in [1.807, 2.05) is 13.8 Å². The van der Waals surface area contributed by atoms with Crippen molar-refractivity contribution in [2.24, 2.45) is 23.1 Å². The summed E-state index contributed by atoms with van der Waals surface area (Å²) in [6.45, 7) is 10.3. The summed E-state index contributed by atoms with van der Waals surface area (Å²) in [6, 6.07) is 0.855. The van der Waals surface area contributed by atoms with E-state index in [1.54, 1.807) is 25.9 Å². The van der Waals surface area contributed by atoms with Gasteiger partial charge in [0.05, 0.1) is 48.5 Å². The van der Waals surface area contributed by atoms with E-state index in [1.165, 1.54) is 71.1 Å². The van der Waals surface area contributed by atoms with Crippen LogP contribution >= 0.6 is 11.6 Å². The molecule has 9 unspecified atom stereocenters. The van der Waals surface area contributed by atoms with Gasteiger partial charge < -0.3 is 148 Å². The number of rotatable bonds is 20. The molecule has 8 aliphatic rings. The number of aromatic hydroxyl groups is 3. The number of halogens is 1. The summed E-state index contributed by atoms with van der Waals surface area (Å²) in [5.74, 6) is -14.9. The van der Waals surface area contributed by atoms with Crippen LogP contribution in [0, 0.1) is 5.92 Å². The molecule has 40 heteroatoms. The summed E-state index contributed by atoms with van der Waals surface area (Å²) in [5, 5.41) is 126. The van der Waals surface area contributed by atoms with Crippen molar-refractivity contribution in [3.8, 4) is 57.1 Å². The first kappa shape index (κ1) is 91.6. The molecule has 8 aliphatic heterocycles. The maximum atomic E-state index is 16.6. The highest BCUT2D eigenvalue weighted by atomic mass is 35.5. The number of carbonyl (C=O) groups is 9. The van der Waals surface area contributed by atoms with Crippen molar-refractivity contribution in [3.05, 3.63) is 118 Å². The summed E-state index contributed by atoms with van der Waals surface area (Å²) >= 11 is 7.18. The summed E-state index contributed by atoms with van der Waals surface area (Å²) in [4.78, 5) is 141. The molecule has 3 fully saturated rings. The molecule has 0 spiro atoms. The number of amides is 10. The molecule has 0 saturated carbocycles. The molecular weight excluding hydrogens is 1610 g/mol. The minimum atomic E-state index is -2.37. The first-order chi connectivity index (χ1) is 57.1. The largest absolute Gasteiger partial charge is 0.508 e. The van der Waals surface area contributed by atoms with Crippen LogP contribution in [0.25, 0.3) is 11.1 Å². The van der Waals surface area contributed by atoms with Gasteiger partial charge in [0, 0.05) is 54.2 Å². The molecule has 8 heterocycles. The average Bonchev–Trinajstić information content (AvgIpc) is 0.765. The Morgan fingerprint density at radius 3 is 1.90 bits per heavy atom. The molecule has 0 radical (unpaired) electrons. The van der Waals surface area contributed by atoms with Crippen molar-refractivity contribution >= 4 is 64.9 Å². The van der Waals surface area contributed by atoms with E-state index in [4.69, 9.17) is 66.7 Å². The fraction of sp³-hybridized carbons (Fsp3) is 0.519. The molecule has 13 rings (SSSR count). The number of carbonyl (C=O) groups excluding carboxylic acids is 9. The van der Waals surface area contributed by atoms with Crippen LogP contribution in [0.4, 0.5) is 4.79 Å². The highest BCUT2D eigenvalue weighted by Gasteiger charge is 2.53. The van der Waals surface area contributed by atoms with Crippen molar-refractivity contribution in [2.45, 2.75) is 214 Å². The number of hydrogen-bond acceptors (Lipinski definition) is 30. The third-order valence-electron chi connectivity index (χ3n) is 21.9. The van der Waals surface area contributed by atoms with E-state index < -0.39 is 256 Å². The first-order valence-corrected chi connectivity index (χ1v) is 39.9. The Bertz CT molecular complexity index is 4680. The van der Waals surface area contributed by atoms with Crippen LogP contribution < -0.4 is 73.9 Å². The van der Waals surface area contributed by atoms with Crippen LogP contribution in [0.15, 0.2) is 84.9 Å². The zero-order chi connectivity index (χ0) is 88.3. The van der Waals surface area contributed by atoms with E-state index in [0.717, 1.165) is 53.4 Å². The second-order valence-corrected chi connectivity index (χ2v) is 32.7. The zero-order valence-electron chi connectivity index (χ0n) is 68.0. The van der Waals surface area contributed by atoms with Gasteiger partial charge in [-0.15, -0.1) is 0 Å². The molecule has 0 aromatic heterocycles. The highest BCUT2D eigenvalue weighted by molar-refractivity contribution is 6.32. The molecule has 10 amide bonds. The lowest BCUT2D eigenvalue weighted by molar-refractivity contribution is -0.333. The normalized spacial score (nSPS) is 30.4. The Morgan fingerprint density at radius 2 is 1.30 bits per heavy atom. The van der Waals surface area contributed by atoms with Gasteiger partial charge in [0.1, 0.15) is 95.5 Å². The van der Waals surface area contributed by atoms with E-state index in [2.05, 4.69) is 42.5 Å². The van der Waals surface area contributed by atoms with E-state index in [9.17, 15) is 60.3 Å². The summed E-state index contributed by atoms with van der Waals surface area (Å²) in [5.41, 5.74) is 13.9. The predicted octanol–water partition coefficient (Wildman–Crippen LogP) is 0.115. The number of aliphatic hydroxyl groups excluding tert-OH is 6. The quantitative estimate of drug-likeness (QED) is 0.0492. The van der Waals surface area contributed by atoms with Gasteiger partial charge in [0.15, 0.2) is 30.2 Å². The molecule has 121 heavy (non-hydrogen) atoms. The number of nitrogens with zero attached hydrogens (tertiary/aromatic N) is 2. The lowest BCUT2D eigenvalue weighted by Gasteiger charge is -2.47. The van der Waals surface area contributed by atoms with Crippen molar-refractivity contribution in [3.63, 3.8) is 0 Å². The minimum absolute atomic E-state index is 0.0127. The molecule has 22 atom stereocenters. The maximum Gasteiger partial charge on any atom is 0.324 e. The van der Waals surface area contributed by atoms with Crippen molar-refractivity contribution in [1.29, 1.82) is 0 Å². The lowest BCUT2D eigenvalue weighted by Crippen LogP contribution is -2.64. The summed E-state index contributed by atoms with van der Waals surface area (Å²) < 4.78 is 52.3. The van der Waals surface area contributed by atoms with Gasteiger partial charge in [-0.1, -0.05) is 49.7 Å². The molecule has 5 aromatic carbocycles. The van der Waals surface area contributed by atoms with Crippen molar-refractivity contribution < 1.29 is 127 Å². The summed E-state index contributed by atoms with van der Waals surface area (Å²) in [6.07, 6.45) is -22.5. The molecule has 658 valence electrons. The molecule has 3 saturated heterocycles. The van der Waals surface area contributed by atoms with Gasteiger partial charge in [0.25, 0.3) is 5.91 Å². The molecule has 5 aromatic rings. The van der Waals surface area contributed by atoms with Crippen LogP contribution in [0.2, 0.25) is 5.02 Å². The van der Waals surface area contributed by atoms with Gasteiger partial charge >= 0.3 is 6.03 Å². The number of likely N-dealkylation sites (N-methyl/N-ethyl adjacent to an activating group) is 1. The maximum absolute atomic E-state index is 16.6. The zero-order valence-corrected chi connectivity index (χ0v) is 68.8. The van der Waals surface area contributed by atoms with E-state index in [-0.39, 0.29) is 77.9 Å². The van der Waals surface area contributed by atoms with Gasteiger partial charge in [0.2, 0.25) is 53.4 Å². The number of nitrogens with two attached hydrogens (primary N) is 3. The fourth-order valence-corrected chi connectivity index (χ4v) is 15.7. The molecule has 39 nitrogen and oxygen atoms in total. The van der Waals surface area contributed by atoms with Gasteiger partial charge in [-0.2, -0.15) is 0 Å². The van der Waals surface area contributed by atoms with Crippen LogP contribution in [-0.2, 0) is 62.0 Å². The number of ether oxygens (including phenoxy) is 8. The number of primary amides is 1. The predicted molar refractivity (Wildman–Crippen MR) is 427 cm³/mol. The van der Waals surface area contributed by atoms with Crippen LogP contribution in [0.3, 0.4) is 0 Å². The Hall–Kier alpha value is -10.2. The molecule has 23 N–H and O–H groups in total. The first-order valence-electron chi connectivity index (χ1n) is 39.5. The molecular formula is C81H106ClN13O26. The molecule has 11 bridgehead atoms. The average molecular weight is 1710 g/mol. The monoisotopic (exact) mass is 1710 g/mol. The standard InChI is InChI=1S/C81H106ClN13O26/c1-11-87-79(113)95(22-12-21-94(9)10)77(112)60-44-28-41(97)29-49(99)57(44)43-24-38(15-19-48(43)98)58-73(108)93-62(76(111)91-60)66(119-55-31-80(6,84)69(104)35(4)114-55)37-13-17-42(18-14-37)116-51-26-40-27-52(67(51)121-78-68(65(103)64(102)53(33-96)118-78)120-56-32-81(7,85)70(105)36(5)115-56)117-50-20-16-39(25-45(50)82)63(101)61(92-71(106)46(86-8)23-34(2)3)75(110)88-47(30-54(83)100)72(107)89-59(40)74(109)90-58/h13-20,24-29,34-36,46-47,53,55-56,58-66,68-70,78,86,96-99,101-105H,11-12,21-23,30-33,84-85H2,1-10H3,(H2,83,100)(H,87,113)(H,88,110)(H,89,107)(H,90,109)(H,91,111)(H,92,106)(H,93,108)/t35-,36-,46?,47?,53+,55-,56-,58?,59?,60?,61?,62?,63?,64+,65-,66?,68+,69-,70-,78-,80-,81-/m1/s1. The smallest absolute Gasteiger partial charge is 0.324 e. The number of aliphatic hydroxyl groups is 6. The summed E-state index contributed by atoms with van der Waals surface area (Å²) in [7, 11) is 4.97. The Morgan fingerprint density at radius 1 is 0.686 bits per heavy atom. The van der Waals surface area contributed by atoms with Crippen LogP contribution in [-0.4, -0.2) is 259 Å². The van der Waals surface area contributed by atoms with Gasteiger partial charge in [-0.25, -0.2) is 4.79 Å². The number of urea groups is 1. The Labute approximate surface area is 700 Å². The third-order valence-corrected chi connectivity index (χ3v) is 22.2. The van der Waals surface area contributed by atoms with E-state index in [0.29, 0.717) is 6.54 Å². The molecule has 0 aliphatic carbocycles. The number of imide groups is 1. The number of phenols is 3. The van der Waals surface area contributed by atoms with Gasteiger partial charge in [-0.05, 0) is 163 Å². The second kappa shape index (κ2) is 38.1. The number of hydrogen-bond donors (Lipinski definition) is 20. The van der Waals surface area contributed by atoms with Crippen molar-refractivity contribution in [1.82, 2.24) is 52.3 Å². The second-order valence-electron chi connectivity index (χ2n) is 32.3. The minimum Gasteiger partial charge on any atom is -0.508 e. The number of nitrogens with one attached hydrogen (secondary N) is 8. The van der Waals surface area contributed by atoms with Crippen LogP contribution in [0.1, 0.15) is 139 Å².